The maximum Gasteiger partial charge on any atom is 0.404 e. The molecular formula is C37H30CrN6O6S. The zero-order valence-corrected chi connectivity index (χ0v) is 29.2. The summed E-state index contributed by atoms with van der Waals surface area (Å²) in [4.78, 5) is -0.0110. The molecular weight excluding hydrogens is 709 g/mol. The Bertz CT molecular complexity index is 2400. The Morgan fingerprint density at radius 2 is 1.33 bits per heavy atom. The van der Waals surface area contributed by atoms with Crippen LogP contribution in [-0.4, -0.2) is 52.0 Å². The number of aliphatic hydroxyl groups is 1. The van der Waals surface area contributed by atoms with Gasteiger partial charge in [0, 0.05) is 45.2 Å². The number of nitrogens with zero attached hydrogens (tertiary/aromatic N) is 6. The van der Waals surface area contributed by atoms with Crippen molar-refractivity contribution >= 4 is 67.5 Å². The molecule has 0 saturated heterocycles. The fraction of sp³-hybridized carbons (Fsp3) is 0.0811. The second-order valence-corrected chi connectivity index (χ2v) is 12.2. The van der Waals surface area contributed by atoms with Crippen molar-refractivity contribution in [3.05, 3.63) is 120 Å². The Balaban J connectivity index is 0.000000199. The van der Waals surface area contributed by atoms with Gasteiger partial charge in [-0.3, -0.25) is 4.21 Å². The largest absolute Gasteiger partial charge is 0.768 e. The Labute approximate surface area is 305 Å². The van der Waals surface area contributed by atoms with E-state index in [0.717, 1.165) is 28.3 Å². The van der Waals surface area contributed by atoms with E-state index in [1.165, 1.54) is 17.0 Å². The van der Waals surface area contributed by atoms with Crippen LogP contribution in [0.2, 0.25) is 0 Å². The van der Waals surface area contributed by atoms with Crippen LogP contribution in [-0.2, 0) is 28.4 Å². The minimum atomic E-state index is -2.51. The van der Waals surface area contributed by atoms with Gasteiger partial charge in [-0.2, -0.15) is 10.2 Å². The molecule has 6 aromatic rings. The first-order valence-electron chi connectivity index (χ1n) is 15.2. The number of hydrogen-bond donors (Lipinski definition) is 4. The summed E-state index contributed by atoms with van der Waals surface area (Å²) < 4.78 is 24.5. The molecule has 0 saturated carbocycles. The Morgan fingerprint density at radius 1 is 0.686 bits per heavy atom. The first-order chi connectivity index (χ1) is 24.1. The summed E-state index contributed by atoms with van der Waals surface area (Å²) in [5.41, 5.74) is 3.35. The van der Waals surface area contributed by atoms with Crippen molar-refractivity contribution in [2.45, 2.75) is 24.8 Å². The number of benzene rings is 6. The van der Waals surface area contributed by atoms with E-state index in [2.05, 4.69) is 25.6 Å². The molecule has 256 valence electrons. The van der Waals surface area contributed by atoms with Gasteiger partial charge in [-0.25, -0.2) is 0 Å². The van der Waals surface area contributed by atoms with Crippen LogP contribution in [0.15, 0.2) is 140 Å². The maximum atomic E-state index is 11.6. The molecule has 0 amide bonds. The molecule has 1 aliphatic heterocycles. The Kier molecular flexibility index (Phi) is 11.3. The predicted molar refractivity (Wildman–Crippen MR) is 191 cm³/mol. The second-order valence-electron chi connectivity index (χ2n) is 11.3. The van der Waals surface area contributed by atoms with Crippen molar-refractivity contribution in [3.8, 4) is 17.2 Å². The number of aryl methyl sites for hydroxylation is 2. The first kappa shape index (κ1) is 36.5. The molecule has 0 aromatic heterocycles. The van der Waals surface area contributed by atoms with E-state index in [0.29, 0.717) is 21.8 Å². The van der Waals surface area contributed by atoms with Crippen molar-refractivity contribution in [1.82, 2.24) is 0 Å². The molecule has 51 heavy (non-hydrogen) atoms. The topological polar surface area (TPSA) is 186 Å². The minimum absolute atomic E-state index is 0. The number of azo groups is 2. The fourth-order valence-corrected chi connectivity index (χ4v) is 5.79. The molecule has 2 unspecified atom stereocenters. The number of rotatable bonds is 6. The smallest absolute Gasteiger partial charge is 0.404 e. The molecule has 0 fully saturated rings. The minimum Gasteiger partial charge on any atom is -0.768 e. The van der Waals surface area contributed by atoms with Gasteiger partial charge in [0.1, 0.15) is 40.5 Å². The van der Waals surface area contributed by atoms with Crippen molar-refractivity contribution in [1.29, 1.82) is 0 Å². The Morgan fingerprint density at radius 3 is 2.08 bits per heavy atom. The molecule has 1 heterocycles. The van der Waals surface area contributed by atoms with Crippen LogP contribution in [0.5, 0.6) is 17.2 Å². The molecule has 4 N–H and O–H groups in total. The summed E-state index contributed by atoms with van der Waals surface area (Å²) in [7, 11) is 0. The fourth-order valence-electron chi connectivity index (χ4n) is 5.24. The molecule has 2 atom stereocenters. The van der Waals surface area contributed by atoms with Crippen LogP contribution >= 0.6 is 0 Å². The van der Waals surface area contributed by atoms with Crippen molar-refractivity contribution in [2.24, 2.45) is 25.6 Å². The monoisotopic (exact) mass is 738 g/mol. The summed E-state index contributed by atoms with van der Waals surface area (Å²) in [6.07, 6.45) is 1.50. The molecule has 0 bridgehead atoms. The van der Waals surface area contributed by atoms with Crippen LogP contribution in [0.4, 0.5) is 22.7 Å². The van der Waals surface area contributed by atoms with Crippen molar-refractivity contribution in [3.63, 3.8) is 0 Å². The molecule has 12 nitrogen and oxygen atoms in total. The van der Waals surface area contributed by atoms with E-state index in [9.17, 15) is 29.2 Å². The van der Waals surface area contributed by atoms with Crippen molar-refractivity contribution in [2.75, 3.05) is 0 Å². The number of aromatic hydroxyl groups is 3. The third-order valence-corrected chi connectivity index (χ3v) is 8.44. The van der Waals surface area contributed by atoms with E-state index in [1.54, 1.807) is 42.5 Å². The molecule has 0 spiro atoms. The normalized spacial score (nSPS) is 14.6. The van der Waals surface area contributed by atoms with Gasteiger partial charge in [0.15, 0.2) is 0 Å². The molecule has 6 aromatic carbocycles. The summed E-state index contributed by atoms with van der Waals surface area (Å²) in [5.74, 6) is -0.329. The predicted octanol–water partition coefficient (Wildman–Crippen LogP) is 8.82. The molecule has 0 aliphatic carbocycles. The molecule has 7 rings (SSSR count). The first-order valence-corrected chi connectivity index (χ1v) is 16.3. The summed E-state index contributed by atoms with van der Waals surface area (Å²) >= 11 is -2.51. The molecule has 0 radical (unpaired) electrons. The number of phenolic OH excluding ortho intramolecular Hbond substituents is 3. The Hall–Kier alpha value is -5.78. The SMILES string of the molecule is Cc1ccc(O)c(N=NC2C=N[N+](c3ccccc3)=C2O)c1.Cc1ccc2c(N=Nc3c(O)ccc4ccccc34)c(O)cc(S(=O)[O-])c2c1.[Cr]. The van der Waals surface area contributed by atoms with Gasteiger partial charge in [0.05, 0.1) is 0 Å². The van der Waals surface area contributed by atoms with Crippen LogP contribution in [0.1, 0.15) is 11.1 Å². The van der Waals surface area contributed by atoms with Gasteiger partial charge in [-0.15, -0.1) is 10.2 Å². The second kappa shape index (κ2) is 15.8. The van der Waals surface area contributed by atoms with Gasteiger partial charge in [-0.05, 0) is 75.3 Å². The maximum absolute atomic E-state index is 11.6. The number of fused-ring (bicyclic) bond motifs is 2. The average molecular weight is 739 g/mol. The van der Waals surface area contributed by atoms with E-state index in [-0.39, 0.29) is 56.8 Å². The summed E-state index contributed by atoms with van der Waals surface area (Å²) in [5, 5.41) is 63.5. The number of para-hydroxylation sites is 1. The van der Waals surface area contributed by atoms with Crippen LogP contribution in [0, 0.1) is 13.8 Å². The third kappa shape index (κ3) is 8.01. The number of aliphatic hydroxyl groups excluding tert-OH is 1. The van der Waals surface area contributed by atoms with Gasteiger partial charge in [0.2, 0.25) is 11.7 Å². The number of phenols is 3. The van der Waals surface area contributed by atoms with Gasteiger partial charge >= 0.3 is 5.90 Å². The molecule has 1 aliphatic rings. The zero-order chi connectivity index (χ0) is 35.4. The van der Waals surface area contributed by atoms with E-state index in [1.807, 2.05) is 68.4 Å². The van der Waals surface area contributed by atoms with E-state index < -0.39 is 17.1 Å². The van der Waals surface area contributed by atoms with Crippen molar-refractivity contribution < 1.29 is 51.2 Å². The van der Waals surface area contributed by atoms with Crippen LogP contribution in [0.3, 0.4) is 0 Å². The van der Waals surface area contributed by atoms with Gasteiger partial charge in [-0.1, -0.05) is 78.4 Å². The quantitative estimate of drug-likeness (QED) is 0.0751. The van der Waals surface area contributed by atoms with Gasteiger partial charge < -0.3 is 25.0 Å². The van der Waals surface area contributed by atoms with E-state index >= 15 is 0 Å². The zero-order valence-electron chi connectivity index (χ0n) is 27.2. The van der Waals surface area contributed by atoms with Crippen LogP contribution in [0.25, 0.3) is 21.5 Å². The average Bonchev–Trinajstić information content (AvgIpc) is 3.49. The number of hydrogen-bond acceptors (Lipinski definition) is 10. The molecule has 14 heteroatoms. The number of hydrazone groups is 1. The standard InChI is InChI=1S/C21H16N2O4S.C16H14N4O2.Cr/c1-12-6-8-15-16(10-12)19(28(26)27)11-18(25)21(15)23-22-20-14-5-3-2-4-13(14)7-9-17(20)24;1-11-7-8-15(21)13(9-11)18-19-14-10-17-20(16(14)22)12-5-3-2-4-6-12;/h2-11,24-25H,1H3,(H,26,27);2-10,14H,1H3,(H,19,21);. The van der Waals surface area contributed by atoms with Crippen LogP contribution < -0.4 is 0 Å². The third-order valence-electron chi connectivity index (χ3n) is 7.74. The van der Waals surface area contributed by atoms with E-state index in [4.69, 9.17) is 0 Å². The summed E-state index contributed by atoms with van der Waals surface area (Å²) in [6.45, 7) is 3.75. The summed E-state index contributed by atoms with van der Waals surface area (Å²) in [6, 6.07) is 30.7. The van der Waals surface area contributed by atoms with Gasteiger partial charge in [0.25, 0.3) is 0 Å².